The topological polar surface area (TPSA) is 85.8 Å². The van der Waals surface area contributed by atoms with Crippen molar-refractivity contribution in [3.05, 3.63) is 6.20 Å². The van der Waals surface area contributed by atoms with Crippen LogP contribution in [0.5, 0.6) is 5.88 Å². The first-order chi connectivity index (χ1) is 12.1. The van der Waals surface area contributed by atoms with Gasteiger partial charge in [0.15, 0.2) is 0 Å². The summed E-state index contributed by atoms with van der Waals surface area (Å²) in [6, 6.07) is 1.04. The molecule has 0 bridgehead atoms. The molecule has 0 amide bonds. The van der Waals surface area contributed by atoms with E-state index in [2.05, 4.69) is 23.8 Å². The van der Waals surface area contributed by atoms with Crippen molar-refractivity contribution < 1.29 is 14.6 Å². The molecule has 2 atom stereocenters. The Hall–Kier alpha value is -1.31. The smallest absolute Gasteiger partial charge is 0.256 e. The molecule has 7 heteroatoms. The van der Waals surface area contributed by atoms with Crippen LogP contribution in [0, 0.1) is 0 Å². The fourth-order valence-electron chi connectivity index (χ4n) is 4.13. The van der Waals surface area contributed by atoms with Crippen molar-refractivity contribution in [1.29, 1.82) is 0 Å². The summed E-state index contributed by atoms with van der Waals surface area (Å²) in [5.41, 5.74) is 6.59. The van der Waals surface area contributed by atoms with E-state index >= 15 is 0 Å². The van der Waals surface area contributed by atoms with Crippen LogP contribution in [0.2, 0.25) is 0 Å². The monoisotopic (exact) mass is 352 g/mol. The second-order valence-corrected chi connectivity index (χ2v) is 7.47. The molecule has 142 valence electrons. The van der Waals surface area contributed by atoms with Crippen LogP contribution in [0.1, 0.15) is 52.0 Å². The first kappa shape index (κ1) is 18.5. The standard InChI is InChI=1S/C18H32N4O3/c1-13-10-21(11-14(2)25-13)15-4-6-16(7-5-15)22-12-17(19)18(20-22)24-9-3-8-23/h12-16,23H,3-11,19H2,1-2H3/t13-,14+,15-,16-. The molecule has 0 spiro atoms. The highest BCUT2D eigenvalue weighted by Crippen LogP contribution is 2.33. The number of hydrogen-bond acceptors (Lipinski definition) is 6. The molecule has 0 unspecified atom stereocenters. The average molecular weight is 352 g/mol. The minimum atomic E-state index is 0.114. The van der Waals surface area contributed by atoms with Gasteiger partial charge in [-0.25, -0.2) is 0 Å². The summed E-state index contributed by atoms with van der Waals surface area (Å²) >= 11 is 0. The fraction of sp³-hybridized carbons (Fsp3) is 0.833. The normalized spacial score (nSPS) is 31.2. The third-order valence-electron chi connectivity index (χ3n) is 5.27. The zero-order valence-electron chi connectivity index (χ0n) is 15.4. The maximum atomic E-state index is 8.84. The van der Waals surface area contributed by atoms with Gasteiger partial charge in [-0.15, -0.1) is 5.10 Å². The molecule has 2 heterocycles. The van der Waals surface area contributed by atoms with Crippen LogP contribution in [-0.2, 0) is 4.74 Å². The predicted octanol–water partition coefficient (Wildman–Crippen LogP) is 1.82. The molecule has 1 aliphatic heterocycles. The summed E-state index contributed by atoms with van der Waals surface area (Å²) in [7, 11) is 0. The fourth-order valence-corrected chi connectivity index (χ4v) is 4.13. The summed E-state index contributed by atoms with van der Waals surface area (Å²) in [4.78, 5) is 2.61. The maximum absolute atomic E-state index is 8.84. The molecule has 7 nitrogen and oxygen atoms in total. The molecule has 2 aliphatic rings. The summed E-state index contributed by atoms with van der Waals surface area (Å²) in [5, 5.41) is 13.4. The van der Waals surface area contributed by atoms with Gasteiger partial charge < -0.3 is 20.3 Å². The van der Waals surface area contributed by atoms with Gasteiger partial charge in [0.25, 0.3) is 5.88 Å². The molecule has 0 radical (unpaired) electrons. The number of aromatic nitrogens is 2. The Kier molecular flexibility index (Phi) is 6.19. The lowest BCUT2D eigenvalue weighted by molar-refractivity contribution is -0.0852. The third-order valence-corrected chi connectivity index (χ3v) is 5.27. The summed E-state index contributed by atoms with van der Waals surface area (Å²) in [5.74, 6) is 0.492. The van der Waals surface area contributed by atoms with Crippen molar-refractivity contribution in [3.8, 4) is 5.88 Å². The zero-order valence-corrected chi connectivity index (χ0v) is 15.4. The molecule has 1 saturated heterocycles. The van der Waals surface area contributed by atoms with Gasteiger partial charge in [-0.3, -0.25) is 9.58 Å². The van der Waals surface area contributed by atoms with Crippen LogP contribution >= 0.6 is 0 Å². The molecule has 1 saturated carbocycles. The quantitative estimate of drug-likeness (QED) is 0.760. The molecule has 3 N–H and O–H groups in total. The number of nitrogen functional groups attached to an aromatic ring is 1. The van der Waals surface area contributed by atoms with Crippen LogP contribution < -0.4 is 10.5 Å². The van der Waals surface area contributed by atoms with Gasteiger partial charge in [0.05, 0.1) is 31.1 Å². The van der Waals surface area contributed by atoms with E-state index < -0.39 is 0 Å². The van der Waals surface area contributed by atoms with Crippen molar-refractivity contribution in [3.63, 3.8) is 0 Å². The van der Waals surface area contributed by atoms with Crippen LogP contribution in [0.25, 0.3) is 0 Å². The van der Waals surface area contributed by atoms with Gasteiger partial charge in [-0.05, 0) is 39.5 Å². The van der Waals surface area contributed by atoms with Crippen LogP contribution in [0.3, 0.4) is 0 Å². The maximum Gasteiger partial charge on any atom is 0.256 e. The minimum absolute atomic E-state index is 0.114. The number of anilines is 1. The molecule has 1 aliphatic carbocycles. The van der Waals surface area contributed by atoms with Crippen molar-refractivity contribution in [2.45, 2.75) is 70.2 Å². The van der Waals surface area contributed by atoms with Gasteiger partial charge in [0.1, 0.15) is 5.69 Å². The molecule has 1 aromatic heterocycles. The highest BCUT2D eigenvalue weighted by Gasteiger charge is 2.31. The lowest BCUT2D eigenvalue weighted by Crippen LogP contribution is -2.51. The Morgan fingerprint density at radius 2 is 1.84 bits per heavy atom. The molecular weight excluding hydrogens is 320 g/mol. The number of aliphatic hydroxyl groups is 1. The number of nitrogens with two attached hydrogens (primary N) is 1. The lowest BCUT2D eigenvalue weighted by Gasteiger charge is -2.42. The molecule has 3 rings (SSSR count). The van der Waals surface area contributed by atoms with E-state index in [1.165, 1.54) is 12.8 Å². The Morgan fingerprint density at radius 1 is 1.20 bits per heavy atom. The second-order valence-electron chi connectivity index (χ2n) is 7.47. The molecule has 1 aromatic rings. The summed E-state index contributed by atoms with van der Waals surface area (Å²) < 4.78 is 13.4. The Balaban J connectivity index is 1.53. The van der Waals surface area contributed by atoms with Crippen molar-refractivity contribution >= 4 is 5.69 Å². The van der Waals surface area contributed by atoms with E-state index in [0.717, 1.165) is 25.9 Å². The predicted molar refractivity (Wildman–Crippen MR) is 96.7 cm³/mol. The molecule has 0 aromatic carbocycles. The van der Waals surface area contributed by atoms with Crippen molar-refractivity contribution in [1.82, 2.24) is 14.7 Å². The van der Waals surface area contributed by atoms with Gasteiger partial charge in [-0.2, -0.15) is 0 Å². The van der Waals surface area contributed by atoms with E-state index in [4.69, 9.17) is 20.3 Å². The minimum Gasteiger partial charge on any atom is -0.475 e. The van der Waals surface area contributed by atoms with E-state index in [1.807, 2.05) is 10.9 Å². The summed E-state index contributed by atoms with van der Waals surface area (Å²) in [6.45, 7) is 6.97. The molecule has 2 fully saturated rings. The van der Waals surface area contributed by atoms with Crippen LogP contribution in [0.15, 0.2) is 6.20 Å². The van der Waals surface area contributed by atoms with Gasteiger partial charge in [0, 0.05) is 32.2 Å². The molecule has 25 heavy (non-hydrogen) atoms. The third kappa shape index (κ3) is 4.65. The first-order valence-corrected chi connectivity index (χ1v) is 9.54. The van der Waals surface area contributed by atoms with Crippen LogP contribution in [0.4, 0.5) is 5.69 Å². The highest BCUT2D eigenvalue weighted by atomic mass is 16.5. The number of rotatable bonds is 6. The number of hydrogen-bond donors (Lipinski definition) is 2. The highest BCUT2D eigenvalue weighted by molar-refractivity contribution is 5.46. The SMILES string of the molecule is C[C@@H]1CN([C@H]2CC[C@H](n3cc(N)c(OCCCO)n3)CC2)C[C@H](C)O1. The number of nitrogens with zero attached hydrogens (tertiary/aromatic N) is 3. The van der Waals surface area contributed by atoms with Crippen LogP contribution in [-0.4, -0.2) is 64.3 Å². The van der Waals surface area contributed by atoms with Crippen molar-refractivity contribution in [2.24, 2.45) is 0 Å². The average Bonchev–Trinajstić information content (AvgIpc) is 2.95. The Labute approximate surface area is 150 Å². The van der Waals surface area contributed by atoms with E-state index in [9.17, 15) is 0 Å². The largest absolute Gasteiger partial charge is 0.475 e. The van der Waals surface area contributed by atoms with E-state index in [0.29, 0.717) is 48.9 Å². The van der Waals surface area contributed by atoms with Gasteiger partial charge in [0.2, 0.25) is 0 Å². The Bertz CT molecular complexity index is 532. The first-order valence-electron chi connectivity index (χ1n) is 9.54. The number of ether oxygens (including phenoxy) is 2. The van der Waals surface area contributed by atoms with Gasteiger partial charge in [-0.1, -0.05) is 0 Å². The van der Waals surface area contributed by atoms with E-state index in [-0.39, 0.29) is 6.61 Å². The number of aliphatic hydroxyl groups excluding tert-OH is 1. The zero-order chi connectivity index (χ0) is 17.8. The summed E-state index contributed by atoms with van der Waals surface area (Å²) in [6.07, 6.45) is 7.72. The second kappa shape index (κ2) is 8.38. The van der Waals surface area contributed by atoms with E-state index in [1.54, 1.807) is 0 Å². The Morgan fingerprint density at radius 3 is 2.48 bits per heavy atom. The molecular formula is C18H32N4O3. The van der Waals surface area contributed by atoms with Gasteiger partial charge >= 0.3 is 0 Å². The lowest BCUT2D eigenvalue weighted by atomic mass is 9.89. The van der Waals surface area contributed by atoms with Crippen molar-refractivity contribution in [2.75, 3.05) is 32.0 Å². The number of morpholine rings is 1.